The summed E-state index contributed by atoms with van der Waals surface area (Å²) in [6, 6.07) is 3.95. The topological polar surface area (TPSA) is 102 Å². The molecule has 1 aliphatic heterocycles. The molecule has 0 atom stereocenters. The number of piperidine rings is 1. The summed E-state index contributed by atoms with van der Waals surface area (Å²) >= 11 is 1.55. The third-order valence-corrected chi connectivity index (χ3v) is 5.24. The molecule has 8 nitrogen and oxygen atoms in total. The molecule has 0 spiro atoms. The second-order valence-corrected chi connectivity index (χ2v) is 6.90. The Morgan fingerprint density at radius 2 is 2.28 bits per heavy atom. The van der Waals surface area contributed by atoms with E-state index in [0.29, 0.717) is 37.6 Å². The van der Waals surface area contributed by atoms with Gasteiger partial charge in [-0.3, -0.25) is 4.98 Å². The summed E-state index contributed by atoms with van der Waals surface area (Å²) in [4.78, 5) is 21.7. The van der Waals surface area contributed by atoms with Gasteiger partial charge in [0.15, 0.2) is 5.82 Å². The number of carbonyl (C=O) groups is 1. The minimum atomic E-state index is -0.875. The number of hydrogen-bond acceptors (Lipinski definition) is 7. The monoisotopic (exact) mass is 360 g/mol. The summed E-state index contributed by atoms with van der Waals surface area (Å²) in [5.74, 6) is 0.965. The summed E-state index contributed by atoms with van der Waals surface area (Å²) in [5.41, 5.74) is 0. The van der Waals surface area contributed by atoms with Gasteiger partial charge >= 0.3 is 6.09 Å². The van der Waals surface area contributed by atoms with Crippen LogP contribution in [0.25, 0.3) is 20.9 Å². The molecule has 3 aromatic rings. The molecule has 1 amide bonds. The Kier molecular flexibility index (Phi) is 4.33. The van der Waals surface area contributed by atoms with Crippen molar-refractivity contribution in [3.8, 4) is 10.8 Å². The lowest BCUT2D eigenvalue weighted by Crippen LogP contribution is -2.40. The van der Waals surface area contributed by atoms with Crippen molar-refractivity contribution < 1.29 is 19.2 Å². The molecule has 9 heteroatoms. The molecule has 25 heavy (non-hydrogen) atoms. The SMILES string of the molecule is O=C(O)N1CCC(OCc2noc(-c3cc4ccncc4s3)n2)CC1. The maximum Gasteiger partial charge on any atom is 0.407 e. The second kappa shape index (κ2) is 6.77. The first kappa shape index (κ1) is 16.0. The van der Waals surface area contributed by atoms with Crippen LogP contribution in [0.15, 0.2) is 29.0 Å². The van der Waals surface area contributed by atoms with E-state index in [1.54, 1.807) is 17.5 Å². The summed E-state index contributed by atoms with van der Waals surface area (Å²) in [6.45, 7) is 1.24. The maximum absolute atomic E-state index is 10.9. The number of fused-ring (bicyclic) bond motifs is 1. The molecule has 4 heterocycles. The van der Waals surface area contributed by atoms with Crippen molar-refractivity contribution in [2.45, 2.75) is 25.6 Å². The molecule has 1 N–H and O–H groups in total. The van der Waals surface area contributed by atoms with Crippen molar-refractivity contribution in [3.63, 3.8) is 0 Å². The van der Waals surface area contributed by atoms with E-state index in [0.717, 1.165) is 15.0 Å². The normalized spacial score (nSPS) is 15.8. The Morgan fingerprint density at radius 1 is 1.44 bits per heavy atom. The van der Waals surface area contributed by atoms with E-state index in [1.165, 1.54) is 4.90 Å². The molecule has 0 aliphatic carbocycles. The summed E-state index contributed by atoms with van der Waals surface area (Å²) in [6.07, 6.45) is 4.07. The Hall–Kier alpha value is -2.52. The van der Waals surface area contributed by atoms with Gasteiger partial charge < -0.3 is 19.3 Å². The number of aromatic nitrogens is 3. The maximum atomic E-state index is 10.9. The molecular weight excluding hydrogens is 344 g/mol. The number of carboxylic acid groups (broad SMARTS) is 1. The Bertz CT molecular complexity index is 852. The minimum Gasteiger partial charge on any atom is -0.465 e. The highest BCUT2D eigenvalue weighted by Gasteiger charge is 2.23. The van der Waals surface area contributed by atoms with Crippen molar-refractivity contribution in [1.29, 1.82) is 0 Å². The first-order valence-corrected chi connectivity index (χ1v) is 8.76. The van der Waals surface area contributed by atoms with Crippen LogP contribution in [0.2, 0.25) is 0 Å². The van der Waals surface area contributed by atoms with Crippen LogP contribution in [0.3, 0.4) is 0 Å². The van der Waals surface area contributed by atoms with Gasteiger partial charge in [0.1, 0.15) is 6.61 Å². The number of thiophene rings is 1. The molecule has 0 aromatic carbocycles. The van der Waals surface area contributed by atoms with Gasteiger partial charge in [0.2, 0.25) is 0 Å². The van der Waals surface area contributed by atoms with Crippen LogP contribution >= 0.6 is 11.3 Å². The van der Waals surface area contributed by atoms with Crippen LogP contribution in [-0.2, 0) is 11.3 Å². The fraction of sp³-hybridized carbons (Fsp3) is 0.375. The molecule has 0 radical (unpaired) electrons. The molecule has 1 fully saturated rings. The summed E-state index contributed by atoms with van der Waals surface area (Å²) in [5, 5.41) is 14.0. The molecular formula is C16H16N4O4S. The molecule has 4 rings (SSSR count). The lowest BCUT2D eigenvalue weighted by atomic mass is 10.1. The predicted octanol–water partition coefficient (Wildman–Crippen LogP) is 3.01. The van der Waals surface area contributed by atoms with Gasteiger partial charge in [-0.05, 0) is 30.4 Å². The molecule has 0 bridgehead atoms. The Balaban J connectivity index is 1.36. The first-order valence-electron chi connectivity index (χ1n) is 7.95. The number of amides is 1. The molecule has 0 unspecified atom stereocenters. The van der Waals surface area contributed by atoms with Gasteiger partial charge in [0.25, 0.3) is 5.89 Å². The van der Waals surface area contributed by atoms with Gasteiger partial charge in [-0.25, -0.2) is 4.79 Å². The average Bonchev–Trinajstić information content (AvgIpc) is 3.26. The van der Waals surface area contributed by atoms with Gasteiger partial charge in [0.05, 0.1) is 15.7 Å². The Labute approximate surface area is 147 Å². The highest BCUT2D eigenvalue weighted by atomic mass is 32.1. The van der Waals surface area contributed by atoms with E-state index in [4.69, 9.17) is 14.4 Å². The van der Waals surface area contributed by atoms with E-state index >= 15 is 0 Å². The van der Waals surface area contributed by atoms with Crippen LogP contribution in [0, 0.1) is 0 Å². The number of nitrogens with zero attached hydrogens (tertiary/aromatic N) is 4. The average molecular weight is 360 g/mol. The van der Waals surface area contributed by atoms with Gasteiger partial charge in [-0.15, -0.1) is 11.3 Å². The van der Waals surface area contributed by atoms with E-state index < -0.39 is 6.09 Å². The molecule has 3 aromatic heterocycles. The van der Waals surface area contributed by atoms with Crippen LogP contribution < -0.4 is 0 Å². The second-order valence-electron chi connectivity index (χ2n) is 5.82. The van der Waals surface area contributed by atoms with E-state index in [-0.39, 0.29) is 12.7 Å². The highest BCUT2D eigenvalue weighted by Crippen LogP contribution is 2.31. The van der Waals surface area contributed by atoms with Crippen LogP contribution in [-0.4, -0.2) is 50.4 Å². The quantitative estimate of drug-likeness (QED) is 0.763. The van der Waals surface area contributed by atoms with Crippen LogP contribution in [0.1, 0.15) is 18.7 Å². The Morgan fingerprint density at radius 3 is 3.04 bits per heavy atom. The lowest BCUT2D eigenvalue weighted by Gasteiger charge is -2.29. The zero-order valence-corrected chi connectivity index (χ0v) is 14.1. The minimum absolute atomic E-state index is 0.0213. The molecule has 1 saturated heterocycles. The van der Waals surface area contributed by atoms with Crippen molar-refractivity contribution in [1.82, 2.24) is 20.0 Å². The van der Waals surface area contributed by atoms with E-state index in [1.807, 2.05) is 18.3 Å². The molecule has 0 saturated carbocycles. The fourth-order valence-corrected chi connectivity index (χ4v) is 3.76. The largest absolute Gasteiger partial charge is 0.465 e. The molecule has 130 valence electrons. The number of hydrogen-bond donors (Lipinski definition) is 1. The number of rotatable bonds is 4. The number of ether oxygens (including phenoxy) is 1. The first-order chi connectivity index (χ1) is 12.2. The van der Waals surface area contributed by atoms with Gasteiger partial charge in [0, 0.05) is 25.5 Å². The number of pyridine rings is 1. The van der Waals surface area contributed by atoms with Crippen molar-refractivity contribution in [2.75, 3.05) is 13.1 Å². The van der Waals surface area contributed by atoms with Gasteiger partial charge in [-0.2, -0.15) is 4.98 Å². The highest BCUT2D eigenvalue weighted by molar-refractivity contribution is 7.22. The van der Waals surface area contributed by atoms with Crippen LogP contribution in [0.4, 0.5) is 4.79 Å². The molecule has 1 aliphatic rings. The predicted molar refractivity (Wildman–Crippen MR) is 90.3 cm³/mol. The van der Waals surface area contributed by atoms with E-state index in [2.05, 4.69) is 15.1 Å². The summed E-state index contributed by atoms with van der Waals surface area (Å²) < 4.78 is 12.2. The standard InChI is InChI=1S/C16H16N4O4S/c21-16(22)20-5-2-11(3-6-20)23-9-14-18-15(24-19-14)12-7-10-1-4-17-8-13(10)25-12/h1,4,7-8,11H,2-3,5-6,9H2,(H,21,22). The van der Waals surface area contributed by atoms with Gasteiger partial charge in [-0.1, -0.05) is 5.16 Å². The zero-order chi connectivity index (χ0) is 17.2. The van der Waals surface area contributed by atoms with Crippen molar-refractivity contribution >= 4 is 27.5 Å². The van der Waals surface area contributed by atoms with E-state index in [9.17, 15) is 4.79 Å². The fourth-order valence-electron chi connectivity index (χ4n) is 2.81. The summed E-state index contributed by atoms with van der Waals surface area (Å²) in [7, 11) is 0. The lowest BCUT2D eigenvalue weighted by molar-refractivity contribution is -0.00294. The third kappa shape index (κ3) is 3.47. The van der Waals surface area contributed by atoms with Crippen molar-refractivity contribution in [3.05, 3.63) is 30.4 Å². The van der Waals surface area contributed by atoms with Crippen molar-refractivity contribution in [2.24, 2.45) is 0 Å². The number of likely N-dealkylation sites (tertiary alicyclic amines) is 1. The smallest absolute Gasteiger partial charge is 0.407 e. The third-order valence-electron chi connectivity index (χ3n) is 4.16. The van der Waals surface area contributed by atoms with Crippen LogP contribution in [0.5, 0.6) is 0 Å². The zero-order valence-electron chi connectivity index (χ0n) is 13.3.